The Kier molecular flexibility index (Phi) is 5.11. The van der Waals surface area contributed by atoms with Gasteiger partial charge in [-0.05, 0) is 47.9 Å². The van der Waals surface area contributed by atoms with E-state index in [4.69, 9.17) is 0 Å². The van der Waals surface area contributed by atoms with Crippen LogP contribution in [0.15, 0.2) is 83.3 Å². The van der Waals surface area contributed by atoms with Crippen molar-refractivity contribution in [1.29, 1.82) is 0 Å². The summed E-state index contributed by atoms with van der Waals surface area (Å²) in [4.78, 5) is 12.3. The molecule has 3 heteroatoms. The summed E-state index contributed by atoms with van der Waals surface area (Å²) in [5.41, 5.74) is 4.10. The van der Waals surface area contributed by atoms with Gasteiger partial charge >= 0.3 is 0 Å². The van der Waals surface area contributed by atoms with Crippen LogP contribution in [0.3, 0.4) is 0 Å². The molecule has 0 radical (unpaired) electrons. The Labute approximate surface area is 150 Å². The molecule has 24 heavy (non-hydrogen) atoms. The highest BCUT2D eigenvalue weighted by atomic mass is 79.9. The summed E-state index contributed by atoms with van der Waals surface area (Å²) in [6, 6.07) is 25.9. The maximum absolute atomic E-state index is 12.3. The van der Waals surface area contributed by atoms with E-state index in [0.717, 1.165) is 10.0 Å². The van der Waals surface area contributed by atoms with Crippen LogP contribution in [0.25, 0.3) is 11.1 Å². The molecule has 0 aromatic heterocycles. The van der Waals surface area contributed by atoms with Crippen molar-refractivity contribution in [3.8, 4) is 11.1 Å². The van der Waals surface area contributed by atoms with Gasteiger partial charge in [0.05, 0.1) is 6.04 Å². The summed E-state index contributed by atoms with van der Waals surface area (Å²) in [7, 11) is 0. The molecule has 3 aromatic carbocycles. The molecule has 0 bridgehead atoms. The average molecular weight is 380 g/mol. The van der Waals surface area contributed by atoms with E-state index in [2.05, 4.69) is 57.6 Å². The molecule has 1 N–H and O–H groups in total. The molecule has 0 aliphatic carbocycles. The van der Waals surface area contributed by atoms with Crippen LogP contribution in [0, 0.1) is 0 Å². The van der Waals surface area contributed by atoms with Gasteiger partial charge in [0, 0.05) is 10.0 Å². The van der Waals surface area contributed by atoms with E-state index in [1.54, 1.807) is 0 Å². The van der Waals surface area contributed by atoms with E-state index in [1.807, 2.05) is 49.4 Å². The summed E-state index contributed by atoms with van der Waals surface area (Å²) in [5, 5.41) is 3.04. The maximum atomic E-state index is 12.3. The Hall–Kier alpha value is -2.39. The molecule has 0 spiro atoms. The molecule has 0 heterocycles. The minimum atomic E-state index is -0.0675. The number of benzene rings is 3. The molecule has 0 saturated heterocycles. The Morgan fingerprint density at radius 1 is 0.833 bits per heavy atom. The summed E-state index contributed by atoms with van der Waals surface area (Å²) >= 11 is 3.38. The lowest BCUT2D eigenvalue weighted by Crippen LogP contribution is -2.26. The molecule has 120 valence electrons. The van der Waals surface area contributed by atoms with Gasteiger partial charge in [0.25, 0.3) is 5.91 Å². The first-order valence-electron chi connectivity index (χ1n) is 7.85. The SMILES string of the molecule is C[C@H](NC(=O)c1ccc(Br)cc1)c1ccc(-c2ccccc2)cc1. The van der Waals surface area contributed by atoms with Crippen molar-refractivity contribution in [3.63, 3.8) is 0 Å². The quantitative estimate of drug-likeness (QED) is 0.627. The fraction of sp³-hybridized carbons (Fsp3) is 0.0952. The van der Waals surface area contributed by atoms with E-state index >= 15 is 0 Å². The minimum absolute atomic E-state index is 0.0500. The highest BCUT2D eigenvalue weighted by Gasteiger charge is 2.11. The number of hydrogen-bond donors (Lipinski definition) is 1. The highest BCUT2D eigenvalue weighted by molar-refractivity contribution is 9.10. The second kappa shape index (κ2) is 7.45. The van der Waals surface area contributed by atoms with Gasteiger partial charge in [0.15, 0.2) is 0 Å². The molecule has 1 amide bonds. The van der Waals surface area contributed by atoms with Crippen LogP contribution in [-0.2, 0) is 0 Å². The van der Waals surface area contributed by atoms with E-state index in [0.29, 0.717) is 5.56 Å². The molecule has 0 saturated carbocycles. The largest absolute Gasteiger partial charge is 0.346 e. The van der Waals surface area contributed by atoms with Crippen molar-refractivity contribution in [3.05, 3.63) is 94.5 Å². The average Bonchev–Trinajstić information content (AvgIpc) is 2.63. The minimum Gasteiger partial charge on any atom is -0.346 e. The number of halogens is 1. The van der Waals surface area contributed by atoms with Crippen LogP contribution in [0.2, 0.25) is 0 Å². The monoisotopic (exact) mass is 379 g/mol. The first-order valence-corrected chi connectivity index (χ1v) is 8.64. The van der Waals surface area contributed by atoms with Crippen LogP contribution >= 0.6 is 15.9 Å². The third-order valence-corrected chi connectivity index (χ3v) is 4.50. The number of carbonyl (C=O) groups is 1. The fourth-order valence-corrected chi connectivity index (χ4v) is 2.82. The number of amides is 1. The van der Waals surface area contributed by atoms with Gasteiger partial charge in [-0.15, -0.1) is 0 Å². The van der Waals surface area contributed by atoms with Crippen LogP contribution < -0.4 is 5.32 Å². The standard InChI is InChI=1S/C21H18BrNO/c1-15(23-21(24)19-11-13-20(22)14-12-19)16-7-9-18(10-8-16)17-5-3-2-4-6-17/h2-15H,1H3,(H,23,24)/t15-/m0/s1. The van der Waals surface area contributed by atoms with Gasteiger partial charge < -0.3 is 5.32 Å². The Morgan fingerprint density at radius 3 is 2.04 bits per heavy atom. The fourth-order valence-electron chi connectivity index (χ4n) is 2.56. The van der Waals surface area contributed by atoms with Gasteiger partial charge in [-0.25, -0.2) is 0 Å². The zero-order valence-corrected chi connectivity index (χ0v) is 15.0. The molecule has 0 aliphatic heterocycles. The zero-order chi connectivity index (χ0) is 16.9. The molecule has 0 unspecified atom stereocenters. The summed E-state index contributed by atoms with van der Waals surface area (Å²) in [6.45, 7) is 1.99. The van der Waals surface area contributed by atoms with Gasteiger partial charge in [0.2, 0.25) is 0 Å². The summed E-state index contributed by atoms with van der Waals surface area (Å²) in [6.07, 6.45) is 0. The number of hydrogen-bond acceptors (Lipinski definition) is 1. The van der Waals surface area contributed by atoms with Crippen LogP contribution in [0.4, 0.5) is 0 Å². The van der Waals surface area contributed by atoms with Crippen molar-refractivity contribution in [2.75, 3.05) is 0 Å². The molecule has 3 rings (SSSR count). The van der Waals surface area contributed by atoms with Gasteiger partial charge in [0.1, 0.15) is 0 Å². The number of carbonyl (C=O) groups excluding carboxylic acids is 1. The second-order valence-corrected chi connectivity index (χ2v) is 6.61. The van der Waals surface area contributed by atoms with E-state index in [1.165, 1.54) is 11.1 Å². The third kappa shape index (κ3) is 3.92. The Bertz CT molecular complexity index is 811. The normalized spacial score (nSPS) is 11.8. The number of nitrogens with one attached hydrogen (secondary N) is 1. The van der Waals surface area contributed by atoms with Crippen LogP contribution in [0.1, 0.15) is 28.9 Å². The lowest BCUT2D eigenvalue weighted by molar-refractivity contribution is 0.0940. The van der Waals surface area contributed by atoms with Crippen molar-refractivity contribution in [2.24, 2.45) is 0 Å². The van der Waals surface area contributed by atoms with Crippen LogP contribution in [-0.4, -0.2) is 5.91 Å². The highest BCUT2D eigenvalue weighted by Crippen LogP contribution is 2.22. The van der Waals surface area contributed by atoms with Crippen LogP contribution in [0.5, 0.6) is 0 Å². The summed E-state index contributed by atoms with van der Waals surface area (Å²) in [5.74, 6) is -0.0675. The molecule has 1 atom stereocenters. The first kappa shape index (κ1) is 16.5. The molecular weight excluding hydrogens is 362 g/mol. The van der Waals surface area contributed by atoms with Crippen molar-refractivity contribution < 1.29 is 4.79 Å². The maximum Gasteiger partial charge on any atom is 0.251 e. The predicted octanol–water partition coefficient (Wildman–Crippen LogP) is 5.61. The zero-order valence-electron chi connectivity index (χ0n) is 13.4. The molecule has 0 aliphatic rings. The molecule has 0 fully saturated rings. The first-order chi connectivity index (χ1) is 11.6. The number of rotatable bonds is 4. The lowest BCUT2D eigenvalue weighted by Gasteiger charge is -2.15. The van der Waals surface area contributed by atoms with Gasteiger partial charge in [-0.2, -0.15) is 0 Å². The molecule has 3 aromatic rings. The molecular formula is C21H18BrNO. The van der Waals surface area contributed by atoms with E-state index in [9.17, 15) is 4.79 Å². The summed E-state index contributed by atoms with van der Waals surface area (Å²) < 4.78 is 0.962. The Morgan fingerprint density at radius 2 is 1.42 bits per heavy atom. The second-order valence-electron chi connectivity index (χ2n) is 5.69. The smallest absolute Gasteiger partial charge is 0.251 e. The van der Waals surface area contributed by atoms with Gasteiger partial charge in [-0.3, -0.25) is 4.79 Å². The van der Waals surface area contributed by atoms with E-state index in [-0.39, 0.29) is 11.9 Å². The predicted molar refractivity (Wildman–Crippen MR) is 102 cm³/mol. The third-order valence-electron chi connectivity index (χ3n) is 3.97. The van der Waals surface area contributed by atoms with Gasteiger partial charge in [-0.1, -0.05) is 70.5 Å². The lowest BCUT2D eigenvalue weighted by atomic mass is 10.0. The van der Waals surface area contributed by atoms with E-state index < -0.39 is 0 Å². The van der Waals surface area contributed by atoms with Crippen molar-refractivity contribution >= 4 is 21.8 Å². The Balaban J connectivity index is 1.70. The molecule has 2 nitrogen and oxygen atoms in total. The van der Waals surface area contributed by atoms with Crippen molar-refractivity contribution in [2.45, 2.75) is 13.0 Å². The van der Waals surface area contributed by atoms with Crippen molar-refractivity contribution in [1.82, 2.24) is 5.32 Å². The topological polar surface area (TPSA) is 29.1 Å².